The van der Waals surface area contributed by atoms with Crippen molar-refractivity contribution in [3.8, 4) is 11.5 Å². The van der Waals surface area contributed by atoms with E-state index in [1.165, 1.54) is 7.11 Å². The third-order valence-electron chi connectivity index (χ3n) is 2.99. The molecule has 0 aliphatic heterocycles. The highest BCUT2D eigenvalue weighted by molar-refractivity contribution is 5.76. The van der Waals surface area contributed by atoms with Gasteiger partial charge in [0.2, 0.25) is 5.91 Å². The highest BCUT2D eigenvalue weighted by atomic mass is 16.5. The van der Waals surface area contributed by atoms with Crippen molar-refractivity contribution in [3.63, 3.8) is 0 Å². The van der Waals surface area contributed by atoms with Crippen LogP contribution in [0.25, 0.3) is 0 Å². The minimum atomic E-state index is -0.821. The number of carbonyl (C=O) groups is 1. The molecule has 2 N–H and O–H groups in total. The van der Waals surface area contributed by atoms with E-state index in [9.17, 15) is 9.90 Å². The number of benzene rings is 1. The van der Waals surface area contributed by atoms with Gasteiger partial charge in [-0.2, -0.15) is 0 Å². The van der Waals surface area contributed by atoms with Crippen molar-refractivity contribution in [1.29, 1.82) is 0 Å². The molecule has 122 valence electrons. The molecule has 0 saturated heterocycles. The van der Waals surface area contributed by atoms with Crippen LogP contribution in [-0.4, -0.2) is 45.0 Å². The van der Waals surface area contributed by atoms with Crippen molar-refractivity contribution in [1.82, 2.24) is 5.32 Å². The number of aliphatic hydroxyl groups excluding tert-OH is 1. The van der Waals surface area contributed by atoms with Crippen molar-refractivity contribution < 1.29 is 24.1 Å². The van der Waals surface area contributed by atoms with E-state index < -0.39 is 6.10 Å². The molecule has 1 atom stereocenters. The monoisotopic (exact) mass is 309 g/mol. The first-order valence-electron chi connectivity index (χ1n) is 6.97. The molecule has 22 heavy (non-hydrogen) atoms. The van der Waals surface area contributed by atoms with E-state index in [0.717, 1.165) is 0 Å². The van der Waals surface area contributed by atoms with E-state index in [1.54, 1.807) is 31.4 Å². The number of ether oxygens (including phenoxy) is 3. The Morgan fingerprint density at radius 3 is 2.73 bits per heavy atom. The zero-order valence-electron chi connectivity index (χ0n) is 13.0. The Kier molecular flexibility index (Phi) is 8.03. The van der Waals surface area contributed by atoms with E-state index in [-0.39, 0.29) is 18.9 Å². The molecule has 0 spiro atoms. The lowest BCUT2D eigenvalue weighted by molar-refractivity contribution is -0.122. The summed E-state index contributed by atoms with van der Waals surface area (Å²) in [6.07, 6.45) is 1.04. The lowest BCUT2D eigenvalue weighted by Gasteiger charge is -2.15. The molecule has 0 aliphatic rings. The minimum absolute atomic E-state index is 0.121. The summed E-state index contributed by atoms with van der Waals surface area (Å²) in [5.41, 5.74) is 0.640. The predicted molar refractivity (Wildman–Crippen MR) is 83.1 cm³/mol. The second-order valence-corrected chi connectivity index (χ2v) is 4.55. The van der Waals surface area contributed by atoms with Crippen LogP contribution in [0.1, 0.15) is 18.1 Å². The van der Waals surface area contributed by atoms with Gasteiger partial charge in [-0.05, 0) is 17.7 Å². The first-order chi connectivity index (χ1) is 10.6. The van der Waals surface area contributed by atoms with Gasteiger partial charge in [0.1, 0.15) is 0 Å². The molecule has 0 fully saturated rings. The molecule has 0 aliphatic carbocycles. The molecule has 0 saturated carbocycles. The van der Waals surface area contributed by atoms with Gasteiger partial charge in [-0.25, -0.2) is 0 Å². The number of aliphatic hydroxyl groups is 1. The van der Waals surface area contributed by atoms with E-state index in [4.69, 9.17) is 14.2 Å². The lowest BCUT2D eigenvalue weighted by Crippen LogP contribution is -2.29. The van der Waals surface area contributed by atoms with Crippen LogP contribution in [0.5, 0.6) is 11.5 Å². The second-order valence-electron chi connectivity index (χ2n) is 4.55. The Balaban J connectivity index is 2.46. The summed E-state index contributed by atoms with van der Waals surface area (Å²) in [6.45, 7) is 4.38. The number of hydrogen-bond donors (Lipinski definition) is 2. The maximum absolute atomic E-state index is 11.6. The van der Waals surface area contributed by atoms with Gasteiger partial charge in [-0.1, -0.05) is 12.1 Å². The van der Waals surface area contributed by atoms with Gasteiger partial charge in [0, 0.05) is 13.0 Å². The van der Waals surface area contributed by atoms with Crippen molar-refractivity contribution in [2.45, 2.75) is 12.5 Å². The van der Waals surface area contributed by atoms with Crippen molar-refractivity contribution in [3.05, 3.63) is 36.4 Å². The van der Waals surface area contributed by atoms with Gasteiger partial charge in [0.15, 0.2) is 11.5 Å². The van der Waals surface area contributed by atoms with Crippen LogP contribution in [0.3, 0.4) is 0 Å². The highest BCUT2D eigenvalue weighted by Crippen LogP contribution is 2.29. The number of amides is 1. The second kappa shape index (κ2) is 9.81. The summed E-state index contributed by atoms with van der Waals surface area (Å²) in [7, 11) is 3.07. The molecule has 0 aromatic heterocycles. The largest absolute Gasteiger partial charge is 0.493 e. The maximum Gasteiger partial charge on any atom is 0.222 e. The average Bonchev–Trinajstić information content (AvgIpc) is 2.55. The molecule has 0 bridgehead atoms. The van der Waals surface area contributed by atoms with Gasteiger partial charge in [0.05, 0.1) is 33.5 Å². The predicted octanol–water partition coefficient (Wildman–Crippen LogP) is 1.45. The zero-order valence-corrected chi connectivity index (χ0v) is 13.0. The van der Waals surface area contributed by atoms with Crippen LogP contribution >= 0.6 is 0 Å². The SMILES string of the molecule is C=CCOCCC(=O)NCC(O)c1ccc(OC)c(OC)c1. The van der Waals surface area contributed by atoms with Gasteiger partial charge in [0.25, 0.3) is 0 Å². The van der Waals surface area contributed by atoms with Crippen molar-refractivity contribution >= 4 is 5.91 Å². The molecule has 0 radical (unpaired) electrons. The lowest BCUT2D eigenvalue weighted by atomic mass is 10.1. The Morgan fingerprint density at radius 1 is 1.36 bits per heavy atom. The Labute approximate surface area is 130 Å². The van der Waals surface area contributed by atoms with Crippen LogP contribution in [0.4, 0.5) is 0 Å². The standard InChI is InChI=1S/C16H23NO5/c1-4-8-22-9-7-16(19)17-11-13(18)12-5-6-14(20-2)15(10-12)21-3/h4-6,10,13,18H,1,7-9,11H2,2-3H3,(H,17,19). The summed E-state index contributed by atoms with van der Waals surface area (Å²) in [5, 5.41) is 12.8. The van der Waals surface area contributed by atoms with Crippen molar-refractivity contribution in [2.75, 3.05) is 34.0 Å². The minimum Gasteiger partial charge on any atom is -0.493 e. The molecule has 1 amide bonds. The summed E-state index contributed by atoms with van der Waals surface area (Å²) >= 11 is 0. The molecular formula is C16H23NO5. The van der Waals surface area contributed by atoms with Gasteiger partial charge in [-0.3, -0.25) is 4.79 Å². The molecule has 1 unspecified atom stereocenters. The quantitative estimate of drug-likeness (QED) is 0.505. The Morgan fingerprint density at radius 2 is 2.09 bits per heavy atom. The van der Waals surface area contributed by atoms with Crippen LogP contribution in [-0.2, 0) is 9.53 Å². The smallest absolute Gasteiger partial charge is 0.222 e. The van der Waals surface area contributed by atoms with Crippen LogP contribution in [0, 0.1) is 0 Å². The van der Waals surface area contributed by atoms with Crippen LogP contribution in [0.2, 0.25) is 0 Å². The third kappa shape index (κ3) is 5.75. The maximum atomic E-state index is 11.6. The Bertz CT molecular complexity index is 489. The van der Waals surface area contributed by atoms with Gasteiger partial charge >= 0.3 is 0 Å². The van der Waals surface area contributed by atoms with E-state index in [1.807, 2.05) is 0 Å². The molecule has 1 aromatic carbocycles. The number of hydrogen-bond acceptors (Lipinski definition) is 5. The third-order valence-corrected chi connectivity index (χ3v) is 2.99. The summed E-state index contributed by atoms with van der Waals surface area (Å²) in [4.78, 5) is 11.6. The average molecular weight is 309 g/mol. The molecule has 1 aromatic rings. The van der Waals surface area contributed by atoms with Crippen LogP contribution in [0.15, 0.2) is 30.9 Å². The highest BCUT2D eigenvalue weighted by Gasteiger charge is 2.12. The molecule has 6 nitrogen and oxygen atoms in total. The van der Waals surface area contributed by atoms with E-state index in [0.29, 0.717) is 30.3 Å². The number of methoxy groups -OCH3 is 2. The number of nitrogens with one attached hydrogen (secondary N) is 1. The van der Waals surface area contributed by atoms with Gasteiger partial charge in [-0.15, -0.1) is 6.58 Å². The molecule has 0 heterocycles. The number of carbonyl (C=O) groups excluding carboxylic acids is 1. The van der Waals surface area contributed by atoms with E-state index >= 15 is 0 Å². The normalized spacial score (nSPS) is 11.6. The zero-order chi connectivity index (χ0) is 16.4. The van der Waals surface area contributed by atoms with Gasteiger partial charge < -0.3 is 24.6 Å². The fourth-order valence-corrected chi connectivity index (χ4v) is 1.81. The first-order valence-corrected chi connectivity index (χ1v) is 6.97. The Hall–Kier alpha value is -2.05. The molecule has 1 rings (SSSR count). The summed E-state index contributed by atoms with van der Waals surface area (Å²) in [5.74, 6) is 0.939. The fourth-order valence-electron chi connectivity index (χ4n) is 1.81. The molecule has 6 heteroatoms. The summed E-state index contributed by atoms with van der Waals surface area (Å²) in [6, 6.07) is 5.12. The van der Waals surface area contributed by atoms with Crippen LogP contribution < -0.4 is 14.8 Å². The topological polar surface area (TPSA) is 77.0 Å². The first kappa shape index (κ1) is 18.0. The fraction of sp³-hybridized carbons (Fsp3) is 0.438. The molecular weight excluding hydrogens is 286 g/mol. The van der Waals surface area contributed by atoms with Crippen molar-refractivity contribution in [2.24, 2.45) is 0 Å². The summed E-state index contributed by atoms with van der Waals surface area (Å²) < 4.78 is 15.4. The van der Waals surface area contributed by atoms with E-state index in [2.05, 4.69) is 11.9 Å². The number of rotatable bonds is 10.